The highest BCUT2D eigenvalue weighted by atomic mass is 79.9. The molecular formula is C21H15BrO. The van der Waals surface area contributed by atoms with Crippen LogP contribution in [0.1, 0.15) is 11.1 Å². The number of hydrogen-bond donors (Lipinski definition) is 1. The van der Waals surface area contributed by atoms with E-state index in [1.165, 1.54) is 0 Å². The van der Waals surface area contributed by atoms with E-state index in [0.717, 1.165) is 15.6 Å². The fourth-order valence-electron chi connectivity index (χ4n) is 2.56. The van der Waals surface area contributed by atoms with Gasteiger partial charge in [-0.05, 0) is 23.3 Å². The number of terminal acetylenes is 1. The van der Waals surface area contributed by atoms with Crippen molar-refractivity contribution in [3.05, 3.63) is 94.5 Å². The van der Waals surface area contributed by atoms with E-state index in [1.807, 2.05) is 78.9 Å². The first-order chi connectivity index (χ1) is 11.1. The van der Waals surface area contributed by atoms with E-state index >= 15 is 0 Å². The highest BCUT2D eigenvalue weighted by Gasteiger charge is 2.28. The second-order valence-electron chi connectivity index (χ2n) is 5.31. The third-order valence-electron chi connectivity index (χ3n) is 3.88. The Bertz CT molecular complexity index is 830. The van der Waals surface area contributed by atoms with Gasteiger partial charge >= 0.3 is 0 Å². The van der Waals surface area contributed by atoms with Gasteiger partial charge in [0.1, 0.15) is 0 Å². The summed E-state index contributed by atoms with van der Waals surface area (Å²) in [6, 6.07) is 25.1. The van der Waals surface area contributed by atoms with Crippen molar-refractivity contribution in [3.63, 3.8) is 0 Å². The van der Waals surface area contributed by atoms with E-state index in [4.69, 9.17) is 6.42 Å². The molecule has 1 atom stereocenters. The zero-order chi connectivity index (χ0) is 16.3. The summed E-state index contributed by atoms with van der Waals surface area (Å²) in [6.45, 7) is 0. The van der Waals surface area contributed by atoms with E-state index < -0.39 is 5.60 Å². The Balaban J connectivity index is 1.98. The largest absolute Gasteiger partial charge is 0.369 e. The second kappa shape index (κ2) is 6.42. The van der Waals surface area contributed by atoms with E-state index in [1.54, 1.807) is 0 Å². The topological polar surface area (TPSA) is 20.2 Å². The molecular weight excluding hydrogens is 348 g/mol. The Morgan fingerprint density at radius 1 is 0.739 bits per heavy atom. The first-order valence-electron chi connectivity index (χ1n) is 7.25. The van der Waals surface area contributed by atoms with E-state index in [0.29, 0.717) is 11.1 Å². The van der Waals surface area contributed by atoms with Gasteiger partial charge in [0.15, 0.2) is 5.60 Å². The predicted octanol–water partition coefficient (Wildman–Crippen LogP) is 4.99. The molecule has 0 aliphatic rings. The van der Waals surface area contributed by atoms with Gasteiger partial charge in [-0.25, -0.2) is 0 Å². The maximum Gasteiger partial charge on any atom is 0.176 e. The molecule has 0 radical (unpaired) electrons. The smallest absolute Gasteiger partial charge is 0.176 e. The molecule has 0 saturated heterocycles. The van der Waals surface area contributed by atoms with Crippen molar-refractivity contribution in [1.82, 2.24) is 0 Å². The van der Waals surface area contributed by atoms with E-state index in [2.05, 4.69) is 21.9 Å². The Kier molecular flexibility index (Phi) is 4.34. The average molecular weight is 363 g/mol. The molecule has 0 fully saturated rings. The molecule has 0 saturated carbocycles. The van der Waals surface area contributed by atoms with Crippen molar-refractivity contribution in [2.24, 2.45) is 0 Å². The third-order valence-corrected chi connectivity index (χ3v) is 4.41. The van der Waals surface area contributed by atoms with Crippen LogP contribution in [0, 0.1) is 12.3 Å². The number of benzene rings is 3. The molecule has 1 unspecified atom stereocenters. The van der Waals surface area contributed by atoms with Crippen LogP contribution in [0.15, 0.2) is 83.3 Å². The standard InChI is InChI=1S/C21H15BrO/c1-2-21(23,18-6-4-3-5-7-18)19-12-8-16(9-13-19)17-10-14-20(22)15-11-17/h1,3-15,23H. The van der Waals surface area contributed by atoms with Crippen LogP contribution in [0.4, 0.5) is 0 Å². The molecule has 0 heterocycles. The Morgan fingerprint density at radius 2 is 1.22 bits per heavy atom. The van der Waals surface area contributed by atoms with Gasteiger partial charge in [-0.3, -0.25) is 0 Å². The quantitative estimate of drug-likeness (QED) is 0.651. The molecule has 1 N–H and O–H groups in total. The minimum absolute atomic E-state index is 0.687. The Hall–Kier alpha value is -2.34. The molecule has 0 aliphatic heterocycles. The monoisotopic (exact) mass is 362 g/mol. The van der Waals surface area contributed by atoms with E-state index in [9.17, 15) is 5.11 Å². The first kappa shape index (κ1) is 15.6. The molecule has 3 rings (SSSR count). The van der Waals surface area contributed by atoms with Crippen LogP contribution in [0.3, 0.4) is 0 Å². The van der Waals surface area contributed by atoms with Crippen LogP contribution in [-0.2, 0) is 5.60 Å². The molecule has 0 aromatic heterocycles. The SMILES string of the molecule is C#CC(O)(c1ccccc1)c1ccc(-c2ccc(Br)cc2)cc1. The second-order valence-corrected chi connectivity index (χ2v) is 6.22. The van der Waals surface area contributed by atoms with Crippen molar-refractivity contribution < 1.29 is 5.11 Å². The Morgan fingerprint density at radius 3 is 1.74 bits per heavy atom. The van der Waals surface area contributed by atoms with Crippen LogP contribution in [0.5, 0.6) is 0 Å². The van der Waals surface area contributed by atoms with Gasteiger partial charge in [0, 0.05) is 15.6 Å². The summed E-state index contributed by atoms with van der Waals surface area (Å²) in [5.74, 6) is 2.53. The zero-order valence-corrected chi connectivity index (χ0v) is 14.0. The van der Waals surface area contributed by atoms with Crippen molar-refractivity contribution in [2.45, 2.75) is 5.60 Å². The maximum atomic E-state index is 10.9. The highest BCUT2D eigenvalue weighted by molar-refractivity contribution is 9.10. The minimum atomic E-state index is -1.42. The maximum absolute atomic E-state index is 10.9. The van der Waals surface area contributed by atoms with Gasteiger partial charge < -0.3 is 5.11 Å². The van der Waals surface area contributed by atoms with Crippen LogP contribution < -0.4 is 0 Å². The molecule has 3 aromatic rings. The lowest BCUT2D eigenvalue weighted by Crippen LogP contribution is -2.24. The van der Waals surface area contributed by atoms with Gasteiger partial charge in [-0.1, -0.05) is 88.6 Å². The average Bonchev–Trinajstić information content (AvgIpc) is 2.62. The molecule has 0 bridgehead atoms. The fraction of sp³-hybridized carbons (Fsp3) is 0.0476. The molecule has 0 spiro atoms. The molecule has 0 aliphatic carbocycles. The van der Waals surface area contributed by atoms with Crippen LogP contribution in [-0.4, -0.2) is 5.11 Å². The summed E-state index contributed by atoms with van der Waals surface area (Å²) >= 11 is 3.44. The van der Waals surface area contributed by atoms with Crippen molar-refractivity contribution in [3.8, 4) is 23.5 Å². The first-order valence-corrected chi connectivity index (χ1v) is 8.05. The minimum Gasteiger partial charge on any atom is -0.369 e. The Labute approximate surface area is 144 Å². The normalized spacial score (nSPS) is 13.1. The number of aliphatic hydroxyl groups is 1. The molecule has 112 valence electrons. The lowest BCUT2D eigenvalue weighted by molar-refractivity contribution is 0.145. The van der Waals surface area contributed by atoms with Gasteiger partial charge in [0.25, 0.3) is 0 Å². The van der Waals surface area contributed by atoms with Crippen molar-refractivity contribution in [1.29, 1.82) is 0 Å². The van der Waals surface area contributed by atoms with E-state index in [-0.39, 0.29) is 0 Å². The van der Waals surface area contributed by atoms with Crippen molar-refractivity contribution in [2.75, 3.05) is 0 Å². The molecule has 1 nitrogen and oxygen atoms in total. The van der Waals surface area contributed by atoms with Gasteiger partial charge in [0.05, 0.1) is 0 Å². The summed E-state index contributed by atoms with van der Waals surface area (Å²) in [5.41, 5.74) is 2.16. The summed E-state index contributed by atoms with van der Waals surface area (Å²) in [4.78, 5) is 0. The van der Waals surface area contributed by atoms with Gasteiger partial charge in [0.2, 0.25) is 0 Å². The lowest BCUT2D eigenvalue weighted by atomic mass is 9.86. The van der Waals surface area contributed by atoms with Crippen LogP contribution in [0.2, 0.25) is 0 Å². The third kappa shape index (κ3) is 3.07. The van der Waals surface area contributed by atoms with Gasteiger partial charge in [-0.15, -0.1) is 6.42 Å². The number of rotatable bonds is 3. The molecule has 3 aromatic carbocycles. The van der Waals surface area contributed by atoms with Crippen LogP contribution in [0.25, 0.3) is 11.1 Å². The van der Waals surface area contributed by atoms with Crippen molar-refractivity contribution >= 4 is 15.9 Å². The highest BCUT2D eigenvalue weighted by Crippen LogP contribution is 2.31. The molecule has 23 heavy (non-hydrogen) atoms. The molecule has 0 amide bonds. The predicted molar refractivity (Wildman–Crippen MR) is 97.9 cm³/mol. The number of hydrogen-bond acceptors (Lipinski definition) is 1. The molecule has 2 heteroatoms. The summed E-state index contributed by atoms with van der Waals surface area (Å²) in [7, 11) is 0. The van der Waals surface area contributed by atoms with Gasteiger partial charge in [-0.2, -0.15) is 0 Å². The summed E-state index contributed by atoms with van der Waals surface area (Å²) in [5, 5.41) is 10.9. The zero-order valence-electron chi connectivity index (χ0n) is 12.4. The number of halogens is 1. The summed E-state index contributed by atoms with van der Waals surface area (Å²) < 4.78 is 1.05. The summed E-state index contributed by atoms with van der Waals surface area (Å²) in [6.07, 6.45) is 5.63. The lowest BCUT2D eigenvalue weighted by Gasteiger charge is -2.23. The van der Waals surface area contributed by atoms with Crippen LogP contribution >= 0.6 is 15.9 Å². The fourth-order valence-corrected chi connectivity index (χ4v) is 2.82.